The summed E-state index contributed by atoms with van der Waals surface area (Å²) < 4.78 is 5.02. The zero-order chi connectivity index (χ0) is 12.7. The largest absolute Gasteiger partial charge is 0.490 e. The molecule has 0 saturated heterocycles. The van der Waals surface area contributed by atoms with E-state index in [2.05, 4.69) is 9.97 Å². The van der Waals surface area contributed by atoms with Gasteiger partial charge in [-0.3, -0.25) is 4.79 Å². The minimum atomic E-state index is -0.272. The number of aromatic amines is 1. The van der Waals surface area contributed by atoms with Crippen molar-refractivity contribution in [1.82, 2.24) is 9.97 Å². The highest BCUT2D eigenvalue weighted by molar-refractivity contribution is 5.65. The molecule has 0 aliphatic heterocycles. The van der Waals surface area contributed by atoms with Crippen molar-refractivity contribution in [2.45, 2.75) is 13.8 Å². The summed E-state index contributed by atoms with van der Waals surface area (Å²) in [4.78, 5) is 18.0. The molecule has 0 amide bonds. The quantitative estimate of drug-likeness (QED) is 0.865. The molecule has 0 unspecified atom stereocenters. The Morgan fingerprint density at radius 2 is 1.82 bits per heavy atom. The lowest BCUT2D eigenvalue weighted by Gasteiger charge is -2.05. The Bertz CT molecular complexity index is 506. The van der Waals surface area contributed by atoms with E-state index in [0.29, 0.717) is 5.69 Å². The number of aromatic nitrogens is 2. The summed E-state index contributed by atoms with van der Waals surface area (Å²) in [6.45, 7) is 4.00. The Labute approximate surface area is 100 Å². The molecule has 0 fully saturated rings. The fraction of sp³-hybridized carbons (Fsp3) is 0.231. The van der Waals surface area contributed by atoms with Gasteiger partial charge in [-0.1, -0.05) is 44.2 Å². The number of methoxy groups -OCH3 is 1. The molecule has 0 bridgehead atoms. The number of benzene rings is 1. The van der Waals surface area contributed by atoms with Crippen molar-refractivity contribution in [3.8, 4) is 17.0 Å². The molecule has 1 N–H and O–H groups in total. The van der Waals surface area contributed by atoms with Crippen molar-refractivity contribution < 1.29 is 4.74 Å². The molecule has 17 heavy (non-hydrogen) atoms. The first-order chi connectivity index (χ1) is 8.33. The molecule has 1 aromatic heterocycles. The van der Waals surface area contributed by atoms with Crippen LogP contribution in [0.4, 0.5) is 0 Å². The van der Waals surface area contributed by atoms with Crippen LogP contribution in [-0.2, 0) is 0 Å². The van der Waals surface area contributed by atoms with Gasteiger partial charge in [-0.15, -0.1) is 0 Å². The summed E-state index contributed by atoms with van der Waals surface area (Å²) in [6, 6.07) is 9.44. The zero-order valence-electron chi connectivity index (χ0n) is 10.2. The predicted molar refractivity (Wildman–Crippen MR) is 68.2 cm³/mol. The first-order valence-corrected chi connectivity index (χ1v) is 5.50. The van der Waals surface area contributed by atoms with E-state index in [4.69, 9.17) is 4.74 Å². The average molecular weight is 232 g/mol. The van der Waals surface area contributed by atoms with Gasteiger partial charge >= 0.3 is 0 Å². The van der Waals surface area contributed by atoms with E-state index in [1.165, 1.54) is 13.4 Å². The maximum absolute atomic E-state index is 11.4. The molecular weight excluding hydrogens is 216 g/mol. The monoisotopic (exact) mass is 232 g/mol. The lowest BCUT2D eigenvalue weighted by Crippen LogP contribution is -2.11. The van der Waals surface area contributed by atoms with Crippen LogP contribution in [0.3, 0.4) is 0 Å². The standard InChI is InChI=1S/C11H10N2O2.C2H6/c1-15-10-9(12-7-13-11(10)14)8-5-3-2-4-6-8;1-2/h2-7H,1H3,(H,12,13,14);1-2H3. The summed E-state index contributed by atoms with van der Waals surface area (Å²) in [6.07, 6.45) is 1.37. The van der Waals surface area contributed by atoms with Crippen molar-refractivity contribution >= 4 is 0 Å². The van der Waals surface area contributed by atoms with E-state index in [0.717, 1.165) is 5.56 Å². The number of nitrogens with zero attached hydrogens (tertiary/aromatic N) is 1. The second-order valence-electron chi connectivity index (χ2n) is 2.98. The molecule has 0 saturated carbocycles. The molecule has 0 spiro atoms. The van der Waals surface area contributed by atoms with Crippen LogP contribution < -0.4 is 10.3 Å². The summed E-state index contributed by atoms with van der Waals surface area (Å²) in [5, 5.41) is 0. The van der Waals surface area contributed by atoms with Crippen molar-refractivity contribution in [3.05, 3.63) is 47.0 Å². The van der Waals surface area contributed by atoms with Gasteiger partial charge in [0.05, 0.1) is 13.4 Å². The molecule has 0 aliphatic rings. The van der Waals surface area contributed by atoms with Crippen LogP contribution in [0.5, 0.6) is 5.75 Å². The van der Waals surface area contributed by atoms with Crippen LogP contribution in [0.2, 0.25) is 0 Å². The van der Waals surface area contributed by atoms with Gasteiger partial charge in [0.1, 0.15) is 5.69 Å². The van der Waals surface area contributed by atoms with Gasteiger partial charge in [-0.2, -0.15) is 0 Å². The Balaban J connectivity index is 0.000000686. The third-order valence-corrected chi connectivity index (χ3v) is 2.06. The Hall–Kier alpha value is -2.10. The fourth-order valence-corrected chi connectivity index (χ4v) is 1.38. The van der Waals surface area contributed by atoms with Gasteiger partial charge in [0.25, 0.3) is 5.56 Å². The zero-order valence-corrected chi connectivity index (χ0v) is 10.2. The Kier molecular flexibility index (Phi) is 4.94. The molecule has 2 rings (SSSR count). The molecular formula is C13H16N2O2. The fourth-order valence-electron chi connectivity index (χ4n) is 1.38. The van der Waals surface area contributed by atoms with Crippen LogP contribution >= 0.6 is 0 Å². The highest BCUT2D eigenvalue weighted by Crippen LogP contribution is 2.22. The summed E-state index contributed by atoms with van der Waals surface area (Å²) in [5.74, 6) is 0.240. The maximum atomic E-state index is 11.4. The smallest absolute Gasteiger partial charge is 0.293 e. The normalized spacial score (nSPS) is 9.12. The summed E-state index contributed by atoms with van der Waals surface area (Å²) >= 11 is 0. The van der Waals surface area contributed by atoms with Crippen molar-refractivity contribution in [2.24, 2.45) is 0 Å². The minimum absolute atomic E-state index is 0.240. The van der Waals surface area contributed by atoms with Crippen LogP contribution in [0.15, 0.2) is 41.5 Å². The predicted octanol–water partition coefficient (Wildman–Crippen LogP) is 2.47. The van der Waals surface area contributed by atoms with E-state index in [-0.39, 0.29) is 11.3 Å². The number of hydrogen-bond donors (Lipinski definition) is 1. The number of ether oxygens (including phenoxy) is 1. The van der Waals surface area contributed by atoms with Gasteiger partial charge in [0, 0.05) is 5.56 Å². The lowest BCUT2D eigenvalue weighted by atomic mass is 10.1. The van der Waals surface area contributed by atoms with Crippen molar-refractivity contribution in [2.75, 3.05) is 7.11 Å². The van der Waals surface area contributed by atoms with Gasteiger partial charge < -0.3 is 9.72 Å². The number of H-pyrrole nitrogens is 1. The van der Waals surface area contributed by atoms with E-state index >= 15 is 0 Å². The third-order valence-electron chi connectivity index (χ3n) is 2.06. The molecule has 2 aromatic rings. The van der Waals surface area contributed by atoms with Crippen LogP contribution in [0.1, 0.15) is 13.8 Å². The first kappa shape index (κ1) is 13.0. The van der Waals surface area contributed by atoms with Crippen molar-refractivity contribution in [1.29, 1.82) is 0 Å². The first-order valence-electron chi connectivity index (χ1n) is 5.50. The van der Waals surface area contributed by atoms with E-state index in [1.807, 2.05) is 44.2 Å². The van der Waals surface area contributed by atoms with Gasteiger partial charge in [-0.25, -0.2) is 4.98 Å². The minimum Gasteiger partial charge on any atom is -0.490 e. The molecule has 0 aliphatic carbocycles. The highest BCUT2D eigenvalue weighted by atomic mass is 16.5. The molecule has 90 valence electrons. The van der Waals surface area contributed by atoms with E-state index < -0.39 is 0 Å². The molecule has 1 aromatic carbocycles. The molecule has 0 radical (unpaired) electrons. The van der Waals surface area contributed by atoms with Gasteiger partial charge in [0.2, 0.25) is 5.75 Å². The van der Waals surface area contributed by atoms with Crippen molar-refractivity contribution in [3.63, 3.8) is 0 Å². The second-order valence-corrected chi connectivity index (χ2v) is 2.98. The second kappa shape index (κ2) is 6.48. The van der Waals surface area contributed by atoms with Crippen LogP contribution in [0, 0.1) is 0 Å². The molecule has 4 heteroatoms. The highest BCUT2D eigenvalue weighted by Gasteiger charge is 2.09. The van der Waals surface area contributed by atoms with E-state index in [1.54, 1.807) is 0 Å². The number of nitrogens with one attached hydrogen (secondary N) is 1. The number of rotatable bonds is 2. The Morgan fingerprint density at radius 1 is 1.18 bits per heavy atom. The third kappa shape index (κ3) is 2.93. The van der Waals surface area contributed by atoms with Crippen LogP contribution in [0.25, 0.3) is 11.3 Å². The Morgan fingerprint density at radius 3 is 2.41 bits per heavy atom. The SMILES string of the molecule is CC.COc1c(-c2ccccc2)nc[nH]c1=O. The van der Waals surface area contributed by atoms with Gasteiger partial charge in [-0.05, 0) is 0 Å². The van der Waals surface area contributed by atoms with E-state index in [9.17, 15) is 4.79 Å². The lowest BCUT2D eigenvalue weighted by molar-refractivity contribution is 0.408. The topological polar surface area (TPSA) is 55.0 Å². The summed E-state index contributed by atoms with van der Waals surface area (Å²) in [5.41, 5.74) is 1.15. The summed E-state index contributed by atoms with van der Waals surface area (Å²) in [7, 11) is 1.46. The molecule has 4 nitrogen and oxygen atoms in total. The number of hydrogen-bond acceptors (Lipinski definition) is 3. The maximum Gasteiger partial charge on any atom is 0.293 e. The molecule has 0 atom stereocenters. The average Bonchev–Trinajstić information content (AvgIpc) is 2.42. The van der Waals surface area contributed by atoms with Gasteiger partial charge in [0.15, 0.2) is 0 Å². The van der Waals surface area contributed by atoms with Crippen LogP contribution in [-0.4, -0.2) is 17.1 Å². The molecule has 1 heterocycles.